The number of likely N-dealkylation sites (tertiary alicyclic amines) is 1. The van der Waals surface area contributed by atoms with Crippen molar-refractivity contribution in [1.82, 2.24) is 10.2 Å². The molecule has 0 aromatic carbocycles. The van der Waals surface area contributed by atoms with Gasteiger partial charge in [-0.05, 0) is 38.8 Å². The number of carbonyl (C=O) groups is 1. The molecule has 0 aromatic heterocycles. The number of hydrogen-bond acceptors (Lipinski definition) is 4. The second kappa shape index (κ2) is 5.57. The van der Waals surface area contributed by atoms with E-state index in [-0.39, 0.29) is 23.3 Å². The van der Waals surface area contributed by atoms with Gasteiger partial charge in [-0.3, -0.25) is 4.79 Å². The maximum atomic E-state index is 12.2. The first-order valence-corrected chi connectivity index (χ1v) is 8.48. The van der Waals surface area contributed by atoms with Crippen LogP contribution in [0.25, 0.3) is 0 Å². The summed E-state index contributed by atoms with van der Waals surface area (Å²) in [6.45, 7) is 2.56. The predicted octanol–water partition coefficient (Wildman–Crippen LogP) is -0.121. The van der Waals surface area contributed by atoms with Gasteiger partial charge in [-0.15, -0.1) is 0 Å². The molecule has 104 valence electrons. The highest BCUT2D eigenvalue weighted by Gasteiger charge is 2.36. The van der Waals surface area contributed by atoms with E-state index in [0.717, 1.165) is 32.5 Å². The van der Waals surface area contributed by atoms with Gasteiger partial charge in [0.2, 0.25) is 5.91 Å². The van der Waals surface area contributed by atoms with Crippen molar-refractivity contribution in [3.63, 3.8) is 0 Å². The highest BCUT2D eigenvalue weighted by molar-refractivity contribution is 7.91. The topological polar surface area (TPSA) is 66.5 Å². The Labute approximate surface area is 109 Å². The van der Waals surface area contributed by atoms with Crippen LogP contribution in [-0.2, 0) is 14.6 Å². The zero-order valence-corrected chi connectivity index (χ0v) is 11.7. The van der Waals surface area contributed by atoms with Crippen LogP contribution in [0.1, 0.15) is 19.3 Å². The van der Waals surface area contributed by atoms with Crippen LogP contribution in [0.2, 0.25) is 0 Å². The molecule has 0 aromatic rings. The molecule has 18 heavy (non-hydrogen) atoms. The lowest BCUT2D eigenvalue weighted by Gasteiger charge is -2.33. The summed E-state index contributed by atoms with van der Waals surface area (Å²) in [5.41, 5.74) is 0. The molecule has 2 saturated heterocycles. The van der Waals surface area contributed by atoms with Crippen molar-refractivity contribution < 1.29 is 13.2 Å². The Bertz CT molecular complexity index is 400. The number of hydrogen-bond donors (Lipinski definition) is 1. The average molecular weight is 274 g/mol. The highest BCUT2D eigenvalue weighted by Crippen LogP contribution is 2.24. The number of nitrogens with zero attached hydrogens (tertiary/aromatic N) is 1. The third-order valence-corrected chi connectivity index (χ3v) is 5.77. The number of carbonyl (C=O) groups excluding carboxylic acids is 1. The van der Waals surface area contributed by atoms with Crippen molar-refractivity contribution in [2.24, 2.45) is 11.8 Å². The minimum absolute atomic E-state index is 0.0546. The van der Waals surface area contributed by atoms with Crippen LogP contribution in [0.15, 0.2) is 0 Å². The van der Waals surface area contributed by atoms with E-state index in [1.54, 1.807) is 0 Å². The fourth-order valence-electron chi connectivity index (χ4n) is 2.89. The maximum Gasteiger partial charge on any atom is 0.226 e. The molecule has 0 radical (unpaired) electrons. The standard InChI is InChI=1S/C12H22N2O3S/c1-13-8-10-2-5-14(6-3-10)12(15)11-4-7-18(16,17)9-11/h10-11,13H,2-9H2,1H3. The highest BCUT2D eigenvalue weighted by atomic mass is 32.2. The van der Waals surface area contributed by atoms with E-state index in [4.69, 9.17) is 0 Å². The van der Waals surface area contributed by atoms with Gasteiger partial charge in [0, 0.05) is 13.1 Å². The van der Waals surface area contributed by atoms with Crippen LogP contribution in [0.4, 0.5) is 0 Å². The summed E-state index contributed by atoms with van der Waals surface area (Å²) < 4.78 is 22.8. The number of amides is 1. The van der Waals surface area contributed by atoms with E-state index >= 15 is 0 Å². The summed E-state index contributed by atoms with van der Waals surface area (Å²) in [5.74, 6) is 0.656. The van der Waals surface area contributed by atoms with Gasteiger partial charge < -0.3 is 10.2 Å². The average Bonchev–Trinajstić information content (AvgIpc) is 2.70. The van der Waals surface area contributed by atoms with E-state index < -0.39 is 9.84 Å². The fraction of sp³-hybridized carbons (Fsp3) is 0.917. The summed E-state index contributed by atoms with van der Waals surface area (Å²) in [5, 5.41) is 3.16. The van der Waals surface area contributed by atoms with Crippen LogP contribution < -0.4 is 5.32 Å². The molecule has 0 aliphatic carbocycles. The smallest absolute Gasteiger partial charge is 0.226 e. The molecule has 2 rings (SSSR count). The molecule has 0 saturated carbocycles. The molecular weight excluding hydrogens is 252 g/mol. The van der Waals surface area contributed by atoms with Gasteiger partial charge in [0.05, 0.1) is 17.4 Å². The molecule has 2 heterocycles. The van der Waals surface area contributed by atoms with Gasteiger partial charge in [-0.2, -0.15) is 0 Å². The summed E-state index contributed by atoms with van der Waals surface area (Å²) in [6.07, 6.45) is 2.55. The van der Waals surface area contributed by atoms with Gasteiger partial charge in [0.1, 0.15) is 0 Å². The fourth-order valence-corrected chi connectivity index (χ4v) is 4.63. The lowest BCUT2D eigenvalue weighted by molar-refractivity contribution is -0.136. The zero-order valence-electron chi connectivity index (χ0n) is 10.9. The molecule has 0 bridgehead atoms. The van der Waals surface area contributed by atoms with E-state index in [1.165, 1.54) is 0 Å². The second-order valence-corrected chi connectivity index (χ2v) is 7.66. The molecule has 2 fully saturated rings. The molecule has 2 aliphatic rings. The van der Waals surface area contributed by atoms with Crippen molar-refractivity contribution in [3.8, 4) is 0 Å². The SMILES string of the molecule is CNCC1CCN(C(=O)C2CCS(=O)(=O)C2)CC1. The van der Waals surface area contributed by atoms with Crippen LogP contribution in [-0.4, -0.2) is 57.4 Å². The molecule has 6 heteroatoms. The van der Waals surface area contributed by atoms with Crippen molar-refractivity contribution in [1.29, 1.82) is 0 Å². The zero-order chi connectivity index (χ0) is 13.2. The second-order valence-electron chi connectivity index (χ2n) is 5.43. The third-order valence-electron chi connectivity index (χ3n) is 4.00. The van der Waals surface area contributed by atoms with Crippen molar-refractivity contribution >= 4 is 15.7 Å². The summed E-state index contributed by atoms with van der Waals surface area (Å²) in [4.78, 5) is 14.1. The van der Waals surface area contributed by atoms with Gasteiger partial charge in [-0.1, -0.05) is 0 Å². The molecule has 2 aliphatic heterocycles. The predicted molar refractivity (Wildman–Crippen MR) is 70.0 cm³/mol. The van der Waals surface area contributed by atoms with E-state index in [0.29, 0.717) is 12.3 Å². The number of rotatable bonds is 3. The van der Waals surface area contributed by atoms with Gasteiger partial charge in [-0.25, -0.2) is 8.42 Å². The first-order chi connectivity index (χ1) is 8.52. The Kier molecular flexibility index (Phi) is 4.27. The Balaban J connectivity index is 1.85. The summed E-state index contributed by atoms with van der Waals surface area (Å²) in [7, 11) is -1.01. The number of sulfone groups is 1. The van der Waals surface area contributed by atoms with Crippen LogP contribution in [0, 0.1) is 11.8 Å². The quantitative estimate of drug-likeness (QED) is 0.779. The maximum absolute atomic E-state index is 12.2. The van der Waals surface area contributed by atoms with E-state index in [1.807, 2.05) is 11.9 Å². The summed E-state index contributed by atoms with van der Waals surface area (Å²) >= 11 is 0. The van der Waals surface area contributed by atoms with Gasteiger partial charge in [0.25, 0.3) is 0 Å². The Morgan fingerprint density at radius 3 is 2.44 bits per heavy atom. The van der Waals surface area contributed by atoms with Crippen LogP contribution in [0.3, 0.4) is 0 Å². The van der Waals surface area contributed by atoms with Crippen LogP contribution >= 0.6 is 0 Å². The first kappa shape index (κ1) is 13.8. The Morgan fingerprint density at radius 1 is 1.28 bits per heavy atom. The van der Waals surface area contributed by atoms with Crippen LogP contribution in [0.5, 0.6) is 0 Å². The Morgan fingerprint density at radius 2 is 1.94 bits per heavy atom. The number of piperidine rings is 1. The minimum atomic E-state index is -2.96. The molecular formula is C12H22N2O3S. The largest absolute Gasteiger partial charge is 0.342 e. The molecule has 1 unspecified atom stereocenters. The van der Waals surface area contributed by atoms with Crippen molar-refractivity contribution in [2.45, 2.75) is 19.3 Å². The van der Waals surface area contributed by atoms with E-state index in [9.17, 15) is 13.2 Å². The normalized spacial score (nSPS) is 28.5. The molecule has 1 atom stereocenters. The van der Waals surface area contributed by atoms with Crippen molar-refractivity contribution in [3.05, 3.63) is 0 Å². The van der Waals surface area contributed by atoms with Gasteiger partial charge in [0.15, 0.2) is 9.84 Å². The molecule has 1 N–H and O–H groups in total. The van der Waals surface area contributed by atoms with E-state index in [2.05, 4.69) is 5.32 Å². The van der Waals surface area contributed by atoms with Crippen molar-refractivity contribution in [2.75, 3.05) is 38.2 Å². The lowest BCUT2D eigenvalue weighted by Crippen LogP contribution is -2.43. The Hall–Kier alpha value is -0.620. The first-order valence-electron chi connectivity index (χ1n) is 6.65. The minimum Gasteiger partial charge on any atom is -0.342 e. The molecule has 5 nitrogen and oxygen atoms in total. The number of nitrogens with one attached hydrogen (secondary N) is 1. The third kappa shape index (κ3) is 3.23. The molecule has 0 spiro atoms. The molecule has 1 amide bonds. The summed E-state index contributed by atoms with van der Waals surface area (Å²) in [6, 6.07) is 0. The monoisotopic (exact) mass is 274 g/mol. The van der Waals surface area contributed by atoms with Gasteiger partial charge >= 0.3 is 0 Å². The lowest BCUT2D eigenvalue weighted by atomic mass is 9.95.